The van der Waals surface area contributed by atoms with E-state index in [1.54, 1.807) is 41.3 Å². The first-order chi connectivity index (χ1) is 27.1. The lowest BCUT2D eigenvalue weighted by molar-refractivity contribution is -0.116. The van der Waals surface area contributed by atoms with Gasteiger partial charge in [0.1, 0.15) is 29.2 Å². The lowest BCUT2D eigenvalue weighted by atomic mass is 9.77. The number of nitrogens with two attached hydrogens (primary N) is 1. The van der Waals surface area contributed by atoms with Gasteiger partial charge >= 0.3 is 5.69 Å². The molecule has 0 spiro atoms. The predicted octanol–water partition coefficient (Wildman–Crippen LogP) is 5.40. The molecule has 7 rings (SSSR count). The van der Waals surface area contributed by atoms with Gasteiger partial charge in [0.15, 0.2) is 5.82 Å². The molecule has 0 aliphatic heterocycles. The van der Waals surface area contributed by atoms with Crippen molar-refractivity contribution in [2.75, 3.05) is 16.4 Å². The van der Waals surface area contributed by atoms with Gasteiger partial charge in [0.2, 0.25) is 11.8 Å². The van der Waals surface area contributed by atoms with Crippen LogP contribution in [0.25, 0.3) is 0 Å². The van der Waals surface area contributed by atoms with Crippen LogP contribution in [0.2, 0.25) is 0 Å². The maximum absolute atomic E-state index is 14.9. The van der Waals surface area contributed by atoms with Crippen LogP contribution in [0.4, 0.5) is 21.6 Å². The second kappa shape index (κ2) is 15.9. The second-order valence-electron chi connectivity index (χ2n) is 13.1. The van der Waals surface area contributed by atoms with Crippen molar-refractivity contribution in [2.45, 2.75) is 32.0 Å². The molecule has 2 heterocycles. The highest BCUT2D eigenvalue weighted by molar-refractivity contribution is 5.94. The number of carbonyl (C=O) groups excluding carboxylic acids is 2. The molecule has 56 heavy (non-hydrogen) atoms. The maximum atomic E-state index is 14.9. The molecule has 280 valence electrons. The van der Waals surface area contributed by atoms with Crippen LogP contribution in [-0.2, 0) is 34.6 Å². The normalized spacial score (nSPS) is 11.2. The zero-order valence-corrected chi connectivity index (χ0v) is 30.3. The quantitative estimate of drug-likeness (QED) is 0.141. The third kappa shape index (κ3) is 7.37. The smallest absolute Gasteiger partial charge is 0.333 e. The molecule has 2 amide bonds. The van der Waals surface area contributed by atoms with Gasteiger partial charge in [-0.1, -0.05) is 121 Å². The molecule has 0 aliphatic carbocycles. The summed E-state index contributed by atoms with van der Waals surface area (Å²) < 4.78 is 18.5. The number of rotatable bonds is 12. The third-order valence-electron chi connectivity index (χ3n) is 9.41. The number of nitrogens with one attached hydrogen (secondary N) is 2. The third-order valence-corrected chi connectivity index (χ3v) is 9.41. The minimum absolute atomic E-state index is 0.0836. The molecule has 0 aliphatic rings. The van der Waals surface area contributed by atoms with Crippen molar-refractivity contribution in [3.8, 4) is 0 Å². The summed E-state index contributed by atoms with van der Waals surface area (Å²) in [5.41, 5.74) is 7.39. The minimum atomic E-state index is -0.991. The fourth-order valence-corrected chi connectivity index (χ4v) is 6.81. The first-order valence-corrected chi connectivity index (χ1v) is 17.8. The Morgan fingerprint density at radius 3 is 1.82 bits per heavy atom. The lowest BCUT2D eigenvalue weighted by Gasteiger charge is -2.35. The summed E-state index contributed by atoms with van der Waals surface area (Å²) in [6.45, 7) is 0.662. The van der Waals surface area contributed by atoms with E-state index in [9.17, 15) is 23.6 Å². The Morgan fingerprint density at radius 1 is 0.714 bits per heavy atom. The lowest BCUT2D eigenvalue weighted by Crippen LogP contribution is -2.43. The van der Waals surface area contributed by atoms with Crippen LogP contribution in [-0.4, -0.2) is 35.7 Å². The van der Waals surface area contributed by atoms with Crippen LogP contribution in [0, 0.1) is 5.82 Å². The molecular weight excluding hydrogens is 712 g/mol. The molecule has 12 nitrogen and oxygen atoms in total. The van der Waals surface area contributed by atoms with E-state index in [0.29, 0.717) is 11.3 Å². The Hall–Kier alpha value is -7.41. The summed E-state index contributed by atoms with van der Waals surface area (Å²) in [6.07, 6.45) is 1.43. The van der Waals surface area contributed by atoms with E-state index in [4.69, 9.17) is 10.8 Å². The van der Waals surface area contributed by atoms with Gasteiger partial charge in [-0.25, -0.2) is 18.9 Å². The van der Waals surface area contributed by atoms with E-state index >= 15 is 0 Å². The Kier molecular flexibility index (Phi) is 10.5. The maximum Gasteiger partial charge on any atom is 0.333 e. The SMILES string of the molecule is CC(=O)Nc1ccc(CC(=O)Nc2c(N)n(Cc3ncn(C(c4ccccc4)(c4ccccc4)c4ccccc4)n3)c(=O)n(Cc3ccccc3F)c2=O)cc1. The van der Waals surface area contributed by atoms with E-state index in [1.165, 1.54) is 25.1 Å². The Balaban J connectivity index is 1.31. The first kappa shape index (κ1) is 36.9. The average Bonchev–Trinajstić information content (AvgIpc) is 3.68. The predicted molar refractivity (Wildman–Crippen MR) is 212 cm³/mol. The molecule has 0 fully saturated rings. The number of halogens is 1. The van der Waals surface area contributed by atoms with Crippen LogP contribution in [0.3, 0.4) is 0 Å². The van der Waals surface area contributed by atoms with Gasteiger partial charge in [0, 0.05) is 18.2 Å². The van der Waals surface area contributed by atoms with Gasteiger partial charge in [-0.3, -0.25) is 23.5 Å². The highest BCUT2D eigenvalue weighted by Gasteiger charge is 2.39. The number of carbonyl (C=O) groups is 2. The molecule has 5 aromatic carbocycles. The van der Waals surface area contributed by atoms with Crippen molar-refractivity contribution in [1.82, 2.24) is 23.9 Å². The molecule has 13 heteroatoms. The molecule has 0 radical (unpaired) electrons. The number of nitrogens with zero attached hydrogens (tertiary/aromatic N) is 5. The standard InChI is InChI=1S/C43H37FN8O4/c1-29(53)47-35-23-21-30(22-24-35)25-38(54)48-39-40(45)50(42(56)51(41(39)55)26-31-13-11-12-20-36(31)44)27-37-46-28-52(49-37)43(32-14-5-2-6-15-32,33-16-7-3-8-17-33)34-18-9-4-10-19-34/h2-24,28H,25-27,45H2,1H3,(H,47,53)(H,48,54). The number of benzene rings is 5. The molecule has 0 bridgehead atoms. The number of amides is 2. The zero-order chi connectivity index (χ0) is 39.2. The Morgan fingerprint density at radius 2 is 1.27 bits per heavy atom. The number of hydrogen-bond donors (Lipinski definition) is 3. The van der Waals surface area contributed by atoms with Crippen LogP contribution in [0.1, 0.15) is 40.6 Å². The zero-order valence-electron chi connectivity index (χ0n) is 30.3. The molecule has 0 atom stereocenters. The van der Waals surface area contributed by atoms with Crippen molar-refractivity contribution in [3.63, 3.8) is 0 Å². The van der Waals surface area contributed by atoms with Gasteiger partial charge in [-0.05, 0) is 40.5 Å². The highest BCUT2D eigenvalue weighted by atomic mass is 19.1. The second-order valence-corrected chi connectivity index (χ2v) is 13.1. The van der Waals surface area contributed by atoms with Gasteiger partial charge < -0.3 is 16.4 Å². The van der Waals surface area contributed by atoms with Crippen molar-refractivity contribution in [2.24, 2.45) is 0 Å². The van der Waals surface area contributed by atoms with E-state index in [2.05, 4.69) is 15.6 Å². The van der Waals surface area contributed by atoms with Crippen molar-refractivity contribution in [3.05, 3.63) is 206 Å². The summed E-state index contributed by atoms with van der Waals surface area (Å²) in [4.78, 5) is 57.5. The number of aromatic nitrogens is 5. The van der Waals surface area contributed by atoms with Crippen LogP contribution in [0.15, 0.2) is 155 Å². The van der Waals surface area contributed by atoms with Crippen LogP contribution in [0.5, 0.6) is 0 Å². The molecule has 0 saturated carbocycles. The topological polar surface area (TPSA) is 159 Å². The highest BCUT2D eigenvalue weighted by Crippen LogP contribution is 2.40. The van der Waals surface area contributed by atoms with E-state index < -0.39 is 35.1 Å². The largest absolute Gasteiger partial charge is 0.383 e. The molecular formula is C43H37FN8O4. The average molecular weight is 749 g/mol. The number of hydrogen-bond acceptors (Lipinski definition) is 7. The molecule has 0 unspecified atom stereocenters. The molecule has 2 aromatic heterocycles. The monoisotopic (exact) mass is 748 g/mol. The van der Waals surface area contributed by atoms with Gasteiger partial charge in [0.05, 0.1) is 19.5 Å². The fraction of sp³-hybridized carbons (Fsp3) is 0.116. The summed E-state index contributed by atoms with van der Waals surface area (Å²) in [5, 5.41) is 10.2. The molecule has 7 aromatic rings. The Labute approximate surface area is 320 Å². The van der Waals surface area contributed by atoms with Crippen LogP contribution >= 0.6 is 0 Å². The van der Waals surface area contributed by atoms with E-state index in [1.807, 2.05) is 91.0 Å². The van der Waals surface area contributed by atoms with Crippen LogP contribution < -0.4 is 27.6 Å². The van der Waals surface area contributed by atoms with E-state index in [0.717, 1.165) is 25.8 Å². The van der Waals surface area contributed by atoms with Gasteiger partial charge in [0.25, 0.3) is 5.56 Å². The van der Waals surface area contributed by atoms with Gasteiger partial charge in [-0.15, -0.1) is 0 Å². The van der Waals surface area contributed by atoms with Crippen molar-refractivity contribution in [1.29, 1.82) is 0 Å². The van der Waals surface area contributed by atoms with Crippen molar-refractivity contribution >= 4 is 29.0 Å². The molecule has 4 N–H and O–H groups in total. The summed E-state index contributed by atoms with van der Waals surface area (Å²) in [5.74, 6) is -1.59. The number of anilines is 3. The van der Waals surface area contributed by atoms with Crippen molar-refractivity contribution < 1.29 is 14.0 Å². The fourth-order valence-electron chi connectivity index (χ4n) is 6.81. The van der Waals surface area contributed by atoms with E-state index in [-0.39, 0.29) is 41.8 Å². The van der Waals surface area contributed by atoms with Gasteiger partial charge in [-0.2, -0.15) is 5.10 Å². The Bertz CT molecular complexity index is 2530. The minimum Gasteiger partial charge on any atom is -0.383 e. The number of nitrogen functional groups attached to an aromatic ring is 1. The summed E-state index contributed by atoms with van der Waals surface area (Å²) >= 11 is 0. The summed E-state index contributed by atoms with van der Waals surface area (Å²) in [7, 11) is 0. The first-order valence-electron chi connectivity index (χ1n) is 17.8. The molecule has 0 saturated heterocycles. The summed E-state index contributed by atoms with van der Waals surface area (Å²) in [6, 6.07) is 41.9.